The van der Waals surface area contributed by atoms with Gasteiger partial charge in [-0.25, -0.2) is 0 Å². The maximum atomic E-state index is 12.6. The van der Waals surface area contributed by atoms with E-state index in [0.29, 0.717) is 28.6 Å². The summed E-state index contributed by atoms with van der Waals surface area (Å²) in [5, 5.41) is 15.1. The maximum Gasteiger partial charge on any atom is 0.265 e. The molecule has 0 aliphatic carbocycles. The Morgan fingerprint density at radius 1 is 1.13 bits per heavy atom. The average molecular weight is 403 g/mol. The van der Waals surface area contributed by atoms with E-state index in [1.807, 2.05) is 36.4 Å². The zero-order valence-corrected chi connectivity index (χ0v) is 16.0. The molecule has 0 spiro atoms. The van der Waals surface area contributed by atoms with Crippen LogP contribution >= 0.6 is 0 Å². The van der Waals surface area contributed by atoms with E-state index >= 15 is 0 Å². The van der Waals surface area contributed by atoms with E-state index in [9.17, 15) is 4.79 Å². The normalized spacial score (nSPS) is 13.2. The van der Waals surface area contributed by atoms with Crippen LogP contribution < -0.4 is 19.5 Å². The van der Waals surface area contributed by atoms with Gasteiger partial charge in [-0.2, -0.15) is 9.61 Å². The van der Waals surface area contributed by atoms with E-state index < -0.39 is 6.10 Å². The van der Waals surface area contributed by atoms with E-state index in [2.05, 4.69) is 20.6 Å². The summed E-state index contributed by atoms with van der Waals surface area (Å²) in [6.45, 7) is 1.87. The number of anilines is 1. The van der Waals surface area contributed by atoms with Crippen LogP contribution in [0.5, 0.6) is 17.2 Å². The van der Waals surface area contributed by atoms with Crippen LogP contribution in [0.15, 0.2) is 60.9 Å². The lowest BCUT2D eigenvalue weighted by atomic mass is 10.1. The molecule has 9 nitrogen and oxygen atoms in total. The molecule has 0 saturated heterocycles. The van der Waals surface area contributed by atoms with Crippen LogP contribution in [0, 0.1) is 0 Å². The molecule has 1 aliphatic rings. The minimum absolute atomic E-state index is 0.185. The molecule has 30 heavy (non-hydrogen) atoms. The van der Waals surface area contributed by atoms with Gasteiger partial charge in [-0.05, 0) is 43.3 Å². The van der Waals surface area contributed by atoms with Gasteiger partial charge in [-0.3, -0.25) is 4.79 Å². The largest absolute Gasteiger partial charge is 0.481 e. The Morgan fingerprint density at radius 3 is 2.97 bits per heavy atom. The fraction of sp³-hybridized carbons (Fsp3) is 0.143. The molecule has 2 aromatic carbocycles. The third-order valence-electron chi connectivity index (χ3n) is 4.61. The van der Waals surface area contributed by atoms with Gasteiger partial charge in [0, 0.05) is 17.3 Å². The number of hydrogen-bond acceptors (Lipinski definition) is 7. The number of hydrogen-bond donors (Lipinski definition) is 1. The van der Waals surface area contributed by atoms with Crippen LogP contribution in [-0.2, 0) is 4.79 Å². The zero-order chi connectivity index (χ0) is 20.5. The van der Waals surface area contributed by atoms with Gasteiger partial charge >= 0.3 is 0 Å². The first-order valence-corrected chi connectivity index (χ1v) is 9.30. The monoisotopic (exact) mass is 403 g/mol. The lowest BCUT2D eigenvalue weighted by molar-refractivity contribution is -0.122. The number of nitrogens with zero attached hydrogens (tertiary/aromatic N) is 4. The van der Waals surface area contributed by atoms with Crippen LogP contribution in [-0.4, -0.2) is 38.6 Å². The summed E-state index contributed by atoms with van der Waals surface area (Å²) < 4.78 is 18.0. The fourth-order valence-electron chi connectivity index (χ4n) is 3.09. The van der Waals surface area contributed by atoms with Crippen LogP contribution in [0.4, 0.5) is 5.69 Å². The predicted octanol–water partition coefficient (Wildman–Crippen LogP) is 2.93. The first-order valence-electron chi connectivity index (χ1n) is 9.30. The van der Waals surface area contributed by atoms with Crippen molar-refractivity contribution in [3.8, 4) is 28.5 Å². The van der Waals surface area contributed by atoms with E-state index in [-0.39, 0.29) is 12.7 Å². The van der Waals surface area contributed by atoms with E-state index in [4.69, 9.17) is 14.2 Å². The number of amides is 1. The number of ether oxygens (including phenoxy) is 3. The van der Waals surface area contributed by atoms with Gasteiger partial charge in [0.15, 0.2) is 23.3 Å². The highest BCUT2D eigenvalue weighted by atomic mass is 16.7. The molecule has 150 valence electrons. The number of carbonyl (C=O) groups excluding carboxylic acids is 1. The number of nitrogens with one attached hydrogen (secondary N) is 1. The molecule has 1 atom stereocenters. The second-order valence-corrected chi connectivity index (χ2v) is 6.70. The molecule has 9 heteroatoms. The minimum Gasteiger partial charge on any atom is -0.481 e. The lowest BCUT2D eigenvalue weighted by Gasteiger charge is -2.15. The molecular weight excluding hydrogens is 386 g/mol. The molecule has 0 fully saturated rings. The Kier molecular flexibility index (Phi) is 4.40. The molecule has 2 aromatic heterocycles. The summed E-state index contributed by atoms with van der Waals surface area (Å²) >= 11 is 0. The predicted molar refractivity (Wildman–Crippen MR) is 108 cm³/mol. The summed E-state index contributed by atoms with van der Waals surface area (Å²) in [6, 6.07) is 16.3. The van der Waals surface area contributed by atoms with Crippen molar-refractivity contribution in [2.24, 2.45) is 0 Å². The topological polar surface area (TPSA) is 99.9 Å². The van der Waals surface area contributed by atoms with Gasteiger partial charge in [0.2, 0.25) is 6.79 Å². The zero-order valence-electron chi connectivity index (χ0n) is 16.0. The number of rotatable bonds is 5. The van der Waals surface area contributed by atoms with E-state index in [1.165, 1.54) is 0 Å². The third kappa shape index (κ3) is 3.48. The highest BCUT2D eigenvalue weighted by Gasteiger charge is 2.18. The van der Waals surface area contributed by atoms with Crippen molar-refractivity contribution in [3.05, 3.63) is 60.9 Å². The third-order valence-corrected chi connectivity index (χ3v) is 4.61. The molecule has 3 heterocycles. The standard InChI is InChI=1S/C21H17N5O4/c1-13(30-16-5-7-18-19(10-16)29-12-28-18)21(27)23-15-4-2-3-14(9-15)17-6-8-20-24-22-11-26(20)25-17/h2-11,13H,12H2,1H3,(H,23,27). The minimum atomic E-state index is -0.708. The first-order chi connectivity index (χ1) is 14.7. The van der Waals surface area contributed by atoms with Gasteiger partial charge in [0.25, 0.3) is 5.91 Å². The van der Waals surface area contributed by atoms with Gasteiger partial charge in [0.05, 0.1) is 5.69 Å². The Labute approximate surface area is 171 Å². The molecule has 1 N–H and O–H groups in total. The van der Waals surface area contributed by atoms with Crippen molar-refractivity contribution in [2.45, 2.75) is 13.0 Å². The fourth-order valence-corrected chi connectivity index (χ4v) is 3.09. The van der Waals surface area contributed by atoms with Crippen LogP contribution in [0.1, 0.15) is 6.92 Å². The Bertz CT molecular complexity index is 1240. The number of fused-ring (bicyclic) bond motifs is 2. The van der Waals surface area contributed by atoms with E-state index in [1.54, 1.807) is 36.0 Å². The molecule has 0 saturated carbocycles. The maximum absolute atomic E-state index is 12.6. The SMILES string of the molecule is CC(Oc1ccc2c(c1)OCO2)C(=O)Nc1cccc(-c2ccc3nncn3n2)c1. The van der Waals surface area contributed by atoms with Crippen molar-refractivity contribution in [1.82, 2.24) is 19.8 Å². The van der Waals surface area contributed by atoms with Crippen LogP contribution in [0.25, 0.3) is 16.9 Å². The average Bonchev–Trinajstić information content (AvgIpc) is 3.42. The second-order valence-electron chi connectivity index (χ2n) is 6.70. The van der Waals surface area contributed by atoms with Gasteiger partial charge in [0.1, 0.15) is 12.1 Å². The van der Waals surface area contributed by atoms with Crippen molar-refractivity contribution in [1.29, 1.82) is 0 Å². The molecule has 0 bridgehead atoms. The van der Waals surface area contributed by atoms with Gasteiger partial charge in [-0.1, -0.05) is 12.1 Å². The number of benzene rings is 2. The highest BCUT2D eigenvalue weighted by Crippen LogP contribution is 2.35. The number of aromatic nitrogens is 4. The molecule has 0 radical (unpaired) electrons. The Morgan fingerprint density at radius 2 is 2.03 bits per heavy atom. The second kappa shape index (κ2) is 7.36. The van der Waals surface area contributed by atoms with Crippen LogP contribution in [0.3, 0.4) is 0 Å². The molecule has 4 aromatic rings. The molecular formula is C21H17N5O4. The molecule has 1 amide bonds. The summed E-state index contributed by atoms with van der Waals surface area (Å²) in [6.07, 6.45) is 0.833. The first kappa shape index (κ1) is 17.9. The van der Waals surface area contributed by atoms with Crippen molar-refractivity contribution >= 4 is 17.2 Å². The van der Waals surface area contributed by atoms with Gasteiger partial charge < -0.3 is 19.5 Å². The quantitative estimate of drug-likeness (QED) is 0.547. The van der Waals surface area contributed by atoms with Crippen LogP contribution in [0.2, 0.25) is 0 Å². The molecule has 1 aliphatic heterocycles. The van der Waals surface area contributed by atoms with Crippen molar-refractivity contribution < 1.29 is 19.0 Å². The Balaban J connectivity index is 1.29. The van der Waals surface area contributed by atoms with Crippen molar-refractivity contribution in [2.75, 3.05) is 12.1 Å². The van der Waals surface area contributed by atoms with Gasteiger partial charge in [-0.15, -0.1) is 10.2 Å². The Hall–Kier alpha value is -4.14. The van der Waals surface area contributed by atoms with E-state index in [0.717, 1.165) is 11.3 Å². The summed E-state index contributed by atoms with van der Waals surface area (Å²) in [7, 11) is 0. The summed E-state index contributed by atoms with van der Waals surface area (Å²) in [4.78, 5) is 12.6. The molecule has 5 rings (SSSR count). The highest BCUT2D eigenvalue weighted by molar-refractivity contribution is 5.94. The summed E-state index contributed by atoms with van der Waals surface area (Å²) in [5.74, 6) is 1.52. The lowest BCUT2D eigenvalue weighted by Crippen LogP contribution is -2.30. The van der Waals surface area contributed by atoms with Crippen molar-refractivity contribution in [3.63, 3.8) is 0 Å². The molecule has 1 unspecified atom stereocenters. The summed E-state index contributed by atoms with van der Waals surface area (Å²) in [5.41, 5.74) is 2.90. The number of carbonyl (C=O) groups is 1. The smallest absolute Gasteiger partial charge is 0.265 e.